The van der Waals surface area contributed by atoms with E-state index in [-0.39, 0.29) is 21.6 Å². The van der Waals surface area contributed by atoms with Crippen molar-refractivity contribution in [2.75, 3.05) is 0 Å². The van der Waals surface area contributed by atoms with Crippen molar-refractivity contribution in [3.8, 4) is 0 Å². The van der Waals surface area contributed by atoms with Crippen LogP contribution in [0.5, 0.6) is 0 Å². The van der Waals surface area contributed by atoms with E-state index in [2.05, 4.69) is 25.4 Å². The van der Waals surface area contributed by atoms with Crippen molar-refractivity contribution in [1.82, 2.24) is 0 Å². The molecule has 1 rings (SSSR count). The molecule has 1 heterocycles. The van der Waals surface area contributed by atoms with Gasteiger partial charge >= 0.3 is 50.3 Å². The molecule has 0 saturated heterocycles. The molecule has 0 aliphatic carbocycles. The Balaban J connectivity index is 2.61. The molecule has 0 N–H and O–H groups in total. The maximum absolute atomic E-state index is 2.74. The Labute approximate surface area is 50.4 Å². The Morgan fingerprint density at radius 3 is 2.67 bits per heavy atom. The van der Waals surface area contributed by atoms with E-state index in [1.165, 1.54) is 3.26 Å². The van der Waals surface area contributed by atoms with E-state index in [0.29, 0.717) is 0 Å². The van der Waals surface area contributed by atoms with Crippen molar-refractivity contribution in [3.63, 3.8) is 0 Å². The molecule has 1 atom stereocenters. The van der Waals surface area contributed by atoms with Gasteiger partial charge in [0.05, 0.1) is 0 Å². The molecule has 0 saturated carbocycles. The standard InChI is InChI=1S/C4H5P.Sb/c1-2-3-4-5;/h1-3H,5H2;. The summed E-state index contributed by atoms with van der Waals surface area (Å²) >= 11 is 0.0296. The fraction of sp³-hybridized carbons (Fsp3) is 0. The maximum atomic E-state index is 2.74. The Morgan fingerprint density at radius 2 is 2.50 bits per heavy atom. The summed E-state index contributed by atoms with van der Waals surface area (Å²) in [6, 6.07) is 0. The van der Waals surface area contributed by atoms with E-state index in [4.69, 9.17) is 0 Å². The average molecular weight is 206 g/mol. The van der Waals surface area contributed by atoms with Gasteiger partial charge in [0.25, 0.3) is 0 Å². The Kier molecular flexibility index (Phi) is 1.74. The van der Waals surface area contributed by atoms with E-state index >= 15 is 0 Å². The molecule has 0 fully saturated rings. The molecule has 0 spiro atoms. The molecule has 1 radical (unpaired) electrons. The Morgan fingerprint density at radius 1 is 1.67 bits per heavy atom. The van der Waals surface area contributed by atoms with Crippen molar-refractivity contribution in [1.29, 1.82) is 0 Å². The zero-order chi connectivity index (χ0) is 4.41. The molecule has 1 aliphatic rings. The number of rotatable bonds is 0. The summed E-state index contributed by atoms with van der Waals surface area (Å²) in [6.45, 7) is 0. The van der Waals surface area contributed by atoms with Crippen LogP contribution in [0, 0.1) is 0 Å². The number of allylic oxidation sites excluding steroid dienone is 2. The molecular formula is C4H5PSb. The van der Waals surface area contributed by atoms with Gasteiger partial charge in [0.1, 0.15) is 0 Å². The minimum absolute atomic E-state index is 0.0296. The molecule has 31 valence electrons. The first kappa shape index (κ1) is 4.88. The van der Waals surface area contributed by atoms with Crippen molar-refractivity contribution in [2.24, 2.45) is 0 Å². The van der Waals surface area contributed by atoms with E-state index in [9.17, 15) is 0 Å². The molecule has 0 aromatic carbocycles. The van der Waals surface area contributed by atoms with Crippen molar-refractivity contribution >= 4 is 30.9 Å². The first-order valence-electron chi connectivity index (χ1n) is 1.73. The molecule has 0 bridgehead atoms. The monoisotopic (exact) mass is 205 g/mol. The van der Waals surface area contributed by atoms with Gasteiger partial charge in [0, 0.05) is 0 Å². The summed E-state index contributed by atoms with van der Waals surface area (Å²) < 4.78 is 3.83. The van der Waals surface area contributed by atoms with Gasteiger partial charge in [-0.15, -0.1) is 0 Å². The van der Waals surface area contributed by atoms with Crippen LogP contribution in [0.2, 0.25) is 0 Å². The Bertz CT molecular complexity index is 104. The van der Waals surface area contributed by atoms with Crippen LogP contribution < -0.4 is 0 Å². The van der Waals surface area contributed by atoms with Gasteiger partial charge in [-0.1, -0.05) is 0 Å². The summed E-state index contributed by atoms with van der Waals surface area (Å²) in [6.07, 6.45) is 4.31. The van der Waals surface area contributed by atoms with Crippen LogP contribution in [-0.4, -0.2) is 21.6 Å². The van der Waals surface area contributed by atoms with E-state index in [0.717, 1.165) is 0 Å². The quantitative estimate of drug-likeness (QED) is 0.408. The number of hydrogen-bond donors (Lipinski definition) is 0. The molecule has 2 heteroatoms. The number of hydrogen-bond acceptors (Lipinski definition) is 0. The van der Waals surface area contributed by atoms with Crippen LogP contribution in [0.4, 0.5) is 0 Å². The molecule has 0 amide bonds. The molecule has 0 aromatic rings. The van der Waals surface area contributed by atoms with Crippen molar-refractivity contribution in [2.45, 2.75) is 0 Å². The average Bonchev–Trinajstić information content (AvgIpc) is 1.86. The van der Waals surface area contributed by atoms with Gasteiger partial charge in [-0.2, -0.15) is 0 Å². The summed E-state index contributed by atoms with van der Waals surface area (Å²) in [5.41, 5.74) is 0. The third kappa shape index (κ3) is 1.10. The van der Waals surface area contributed by atoms with Crippen LogP contribution in [0.3, 0.4) is 0 Å². The minimum atomic E-state index is 0.0296. The third-order valence-electron chi connectivity index (χ3n) is 0.577. The van der Waals surface area contributed by atoms with Crippen LogP contribution in [-0.2, 0) is 0 Å². The van der Waals surface area contributed by atoms with Gasteiger partial charge in [-0.3, -0.25) is 0 Å². The summed E-state index contributed by atoms with van der Waals surface area (Å²) in [4.78, 5) is 0. The topological polar surface area (TPSA) is 0 Å². The summed E-state index contributed by atoms with van der Waals surface area (Å²) in [5.74, 6) is 0. The van der Waals surface area contributed by atoms with Crippen molar-refractivity contribution in [3.05, 3.63) is 19.4 Å². The fourth-order valence-corrected chi connectivity index (χ4v) is 2.48. The van der Waals surface area contributed by atoms with Crippen LogP contribution in [0.15, 0.2) is 19.4 Å². The molecule has 1 unspecified atom stereocenters. The SMILES string of the molecule is P[C]1=CC=[CH][Sb]1. The molecule has 0 aromatic heterocycles. The van der Waals surface area contributed by atoms with Crippen LogP contribution in [0.25, 0.3) is 0 Å². The first-order valence-corrected chi connectivity index (χ1v) is 5.05. The predicted octanol–water partition coefficient (Wildman–Crippen LogP) is 0.934. The van der Waals surface area contributed by atoms with Gasteiger partial charge in [-0.05, 0) is 0 Å². The van der Waals surface area contributed by atoms with Gasteiger partial charge in [0.2, 0.25) is 0 Å². The second-order valence-electron chi connectivity index (χ2n) is 1.06. The molecular weight excluding hydrogens is 201 g/mol. The second kappa shape index (κ2) is 2.14. The van der Waals surface area contributed by atoms with E-state index in [1.54, 1.807) is 0 Å². The first-order chi connectivity index (χ1) is 2.89. The third-order valence-corrected chi connectivity index (χ3v) is 3.96. The second-order valence-corrected chi connectivity index (χ2v) is 6.19. The summed E-state index contributed by atoms with van der Waals surface area (Å²) in [5, 5.41) is 0. The van der Waals surface area contributed by atoms with Gasteiger partial charge in [-0.25, -0.2) is 0 Å². The van der Waals surface area contributed by atoms with E-state index in [1.807, 2.05) is 0 Å². The van der Waals surface area contributed by atoms with Gasteiger partial charge < -0.3 is 0 Å². The zero-order valence-corrected chi connectivity index (χ0v) is 6.96. The summed E-state index contributed by atoms with van der Waals surface area (Å²) in [7, 11) is 2.74. The molecule has 0 nitrogen and oxygen atoms in total. The zero-order valence-electron chi connectivity index (χ0n) is 3.26. The Hall–Kier alpha value is 0.728. The van der Waals surface area contributed by atoms with Crippen molar-refractivity contribution < 1.29 is 0 Å². The molecule has 6 heavy (non-hydrogen) atoms. The van der Waals surface area contributed by atoms with Gasteiger partial charge in [0.15, 0.2) is 0 Å². The fourth-order valence-electron chi connectivity index (χ4n) is 0.314. The predicted molar refractivity (Wildman–Crippen MR) is 32.7 cm³/mol. The van der Waals surface area contributed by atoms with Crippen LogP contribution >= 0.6 is 9.24 Å². The normalized spacial score (nSPS) is 18.5. The molecule has 1 aliphatic heterocycles. The van der Waals surface area contributed by atoms with E-state index < -0.39 is 0 Å². The van der Waals surface area contributed by atoms with Crippen LogP contribution in [0.1, 0.15) is 0 Å².